The van der Waals surface area contributed by atoms with Gasteiger partial charge in [0.15, 0.2) is 0 Å². The molecule has 2 N–H and O–H groups in total. The molecular formula is C41H41F3N4O4S2. The predicted molar refractivity (Wildman–Crippen MR) is 209 cm³/mol. The average Bonchev–Trinajstić information content (AvgIpc) is 3.17. The Morgan fingerprint density at radius 3 is 2.28 bits per heavy atom. The van der Waals surface area contributed by atoms with Crippen LogP contribution >= 0.6 is 11.8 Å². The predicted octanol–water partition coefficient (Wildman–Crippen LogP) is 8.42. The van der Waals surface area contributed by atoms with Gasteiger partial charge in [0.25, 0.3) is 15.9 Å². The first-order valence-electron chi connectivity index (χ1n) is 17.6. The summed E-state index contributed by atoms with van der Waals surface area (Å²) in [4.78, 5) is 17.9. The first-order valence-corrected chi connectivity index (χ1v) is 20.1. The summed E-state index contributed by atoms with van der Waals surface area (Å²) < 4.78 is 75.9. The van der Waals surface area contributed by atoms with Crippen LogP contribution in [0.4, 0.5) is 24.5 Å². The summed E-state index contributed by atoms with van der Waals surface area (Å²) in [6, 6.07) is 35.1. The Morgan fingerprint density at radius 1 is 0.833 bits per heavy atom. The lowest BCUT2D eigenvalue weighted by molar-refractivity contribution is -0.137. The van der Waals surface area contributed by atoms with Crippen LogP contribution in [0.25, 0.3) is 11.1 Å². The van der Waals surface area contributed by atoms with E-state index in [-0.39, 0.29) is 17.8 Å². The van der Waals surface area contributed by atoms with Gasteiger partial charge in [-0.2, -0.15) is 13.2 Å². The molecular weight excluding hydrogens is 734 g/mol. The Bertz CT molecular complexity index is 2140. The number of thioether (sulfide) groups is 1. The second kappa shape index (κ2) is 17.4. The second-order valence-corrected chi connectivity index (χ2v) is 15.5. The van der Waals surface area contributed by atoms with Gasteiger partial charge in [-0.05, 0) is 90.3 Å². The van der Waals surface area contributed by atoms with Gasteiger partial charge in [0.05, 0.1) is 17.1 Å². The Kier molecular flexibility index (Phi) is 12.5. The Balaban J connectivity index is 1.04. The van der Waals surface area contributed by atoms with Gasteiger partial charge in [0, 0.05) is 66.9 Å². The highest BCUT2D eigenvalue weighted by Gasteiger charge is 2.35. The van der Waals surface area contributed by atoms with E-state index in [1.54, 1.807) is 12.1 Å². The van der Waals surface area contributed by atoms with Gasteiger partial charge in [0.2, 0.25) is 0 Å². The molecule has 282 valence electrons. The molecule has 0 radical (unpaired) electrons. The molecule has 5 aromatic rings. The maximum absolute atomic E-state index is 14.0. The number of hydrogen-bond acceptors (Lipinski definition) is 8. The lowest BCUT2D eigenvalue weighted by atomic mass is 9.99. The number of rotatable bonds is 14. The molecule has 0 bridgehead atoms. The molecule has 1 saturated heterocycles. The van der Waals surface area contributed by atoms with E-state index in [1.807, 2.05) is 66.2 Å². The SMILES string of the molecule is CCOc1cccc(-c2ccccc2CN2CCN(c3ccc(C(=O)NS(=O)(=O)c4ccc(NCCSc5ccccc5)c(C(F)(F)F)c4)cc3)CC2)c1. The molecule has 0 aromatic heterocycles. The van der Waals surface area contributed by atoms with E-state index in [4.69, 9.17) is 4.74 Å². The lowest BCUT2D eigenvalue weighted by Crippen LogP contribution is -2.46. The summed E-state index contributed by atoms with van der Waals surface area (Å²) in [7, 11) is -4.61. The van der Waals surface area contributed by atoms with E-state index in [2.05, 4.69) is 39.4 Å². The Morgan fingerprint density at radius 2 is 1.56 bits per heavy atom. The number of piperazine rings is 1. The van der Waals surface area contributed by atoms with Crippen LogP contribution in [0, 0.1) is 0 Å². The zero-order chi connectivity index (χ0) is 38.1. The molecule has 1 fully saturated rings. The number of amides is 1. The molecule has 0 unspecified atom stereocenters. The van der Waals surface area contributed by atoms with E-state index >= 15 is 0 Å². The summed E-state index contributed by atoms with van der Waals surface area (Å²) in [6.45, 7) is 6.70. The molecule has 1 amide bonds. The highest BCUT2D eigenvalue weighted by atomic mass is 32.2. The van der Waals surface area contributed by atoms with Crippen molar-refractivity contribution in [2.24, 2.45) is 0 Å². The molecule has 1 heterocycles. The fourth-order valence-corrected chi connectivity index (χ4v) is 8.07. The molecule has 5 aromatic carbocycles. The van der Waals surface area contributed by atoms with Crippen molar-refractivity contribution < 1.29 is 31.1 Å². The van der Waals surface area contributed by atoms with Crippen LogP contribution < -0.4 is 19.7 Å². The van der Waals surface area contributed by atoms with Gasteiger partial charge < -0.3 is 15.0 Å². The molecule has 0 aliphatic carbocycles. The van der Waals surface area contributed by atoms with Crippen LogP contribution in [0.3, 0.4) is 0 Å². The van der Waals surface area contributed by atoms with Crippen molar-refractivity contribution in [1.82, 2.24) is 9.62 Å². The summed E-state index contributed by atoms with van der Waals surface area (Å²) in [5, 5.41) is 2.76. The fraction of sp³-hybridized carbons (Fsp3) is 0.244. The molecule has 0 atom stereocenters. The first-order chi connectivity index (χ1) is 26.0. The van der Waals surface area contributed by atoms with Gasteiger partial charge >= 0.3 is 6.18 Å². The second-order valence-electron chi connectivity index (χ2n) is 12.7. The van der Waals surface area contributed by atoms with Crippen LogP contribution in [0.2, 0.25) is 0 Å². The minimum Gasteiger partial charge on any atom is -0.494 e. The number of nitrogens with one attached hydrogen (secondary N) is 2. The summed E-state index contributed by atoms with van der Waals surface area (Å²) in [6.07, 6.45) is -4.83. The van der Waals surface area contributed by atoms with Crippen molar-refractivity contribution in [3.05, 3.63) is 138 Å². The summed E-state index contributed by atoms with van der Waals surface area (Å²) in [5.41, 5.74) is 3.05. The van der Waals surface area contributed by atoms with E-state index in [0.29, 0.717) is 18.4 Å². The Hall–Kier alpha value is -4.98. The average molecular weight is 775 g/mol. The number of alkyl halides is 3. The fourth-order valence-electron chi connectivity index (χ4n) is 6.28. The molecule has 1 aliphatic heterocycles. The number of carbonyl (C=O) groups excluding carboxylic acids is 1. The number of sulfonamides is 1. The van der Waals surface area contributed by atoms with Crippen LogP contribution in [-0.2, 0) is 22.7 Å². The smallest absolute Gasteiger partial charge is 0.418 e. The van der Waals surface area contributed by atoms with E-state index < -0.39 is 32.6 Å². The van der Waals surface area contributed by atoms with Crippen molar-refractivity contribution in [1.29, 1.82) is 0 Å². The molecule has 54 heavy (non-hydrogen) atoms. The zero-order valence-corrected chi connectivity index (χ0v) is 31.3. The molecule has 0 saturated carbocycles. The third-order valence-corrected chi connectivity index (χ3v) is 11.3. The minimum absolute atomic E-state index is 0.0659. The Labute approximate surface area is 318 Å². The summed E-state index contributed by atoms with van der Waals surface area (Å²) >= 11 is 1.48. The quantitative estimate of drug-likeness (QED) is 0.0859. The summed E-state index contributed by atoms with van der Waals surface area (Å²) in [5.74, 6) is 0.393. The molecule has 0 spiro atoms. The lowest BCUT2D eigenvalue weighted by Gasteiger charge is -2.36. The van der Waals surface area contributed by atoms with Crippen LogP contribution in [0.5, 0.6) is 5.75 Å². The zero-order valence-electron chi connectivity index (χ0n) is 29.7. The van der Waals surface area contributed by atoms with E-state index in [9.17, 15) is 26.4 Å². The first kappa shape index (κ1) is 38.7. The van der Waals surface area contributed by atoms with Crippen molar-refractivity contribution in [2.75, 3.05) is 55.3 Å². The van der Waals surface area contributed by atoms with Gasteiger partial charge in [-0.15, -0.1) is 11.8 Å². The number of halogens is 3. The third-order valence-electron chi connectivity index (χ3n) is 9.00. The van der Waals surface area contributed by atoms with Crippen molar-refractivity contribution >= 4 is 39.1 Å². The number of benzene rings is 5. The number of anilines is 2. The normalized spacial score (nSPS) is 13.7. The number of ether oxygens (including phenoxy) is 1. The highest BCUT2D eigenvalue weighted by molar-refractivity contribution is 7.99. The van der Waals surface area contributed by atoms with Crippen molar-refractivity contribution in [3.63, 3.8) is 0 Å². The van der Waals surface area contributed by atoms with E-state index in [1.165, 1.54) is 29.5 Å². The van der Waals surface area contributed by atoms with Crippen molar-refractivity contribution in [3.8, 4) is 16.9 Å². The van der Waals surface area contributed by atoms with Crippen LogP contribution in [-0.4, -0.2) is 64.3 Å². The van der Waals surface area contributed by atoms with Gasteiger partial charge in [0.1, 0.15) is 5.75 Å². The topological polar surface area (TPSA) is 91.0 Å². The maximum Gasteiger partial charge on any atom is 0.418 e. The van der Waals surface area contributed by atoms with Gasteiger partial charge in [-0.1, -0.05) is 54.6 Å². The molecule has 6 rings (SSSR count). The third kappa shape index (κ3) is 9.95. The van der Waals surface area contributed by atoms with E-state index in [0.717, 1.165) is 72.3 Å². The van der Waals surface area contributed by atoms with Crippen LogP contribution in [0.1, 0.15) is 28.4 Å². The highest BCUT2D eigenvalue weighted by Crippen LogP contribution is 2.36. The van der Waals surface area contributed by atoms with Gasteiger partial charge in [-0.25, -0.2) is 13.1 Å². The monoisotopic (exact) mass is 774 g/mol. The molecule has 13 heteroatoms. The molecule has 1 aliphatic rings. The minimum atomic E-state index is -4.83. The number of carbonyl (C=O) groups is 1. The molecule has 8 nitrogen and oxygen atoms in total. The van der Waals surface area contributed by atoms with Gasteiger partial charge in [-0.3, -0.25) is 9.69 Å². The number of nitrogens with zero attached hydrogens (tertiary/aromatic N) is 2. The van der Waals surface area contributed by atoms with Crippen molar-refractivity contribution in [2.45, 2.75) is 29.4 Å². The largest absolute Gasteiger partial charge is 0.494 e. The standard InChI is InChI=1S/C41H41F3N4O4S2/c1-2-52-34-11-8-10-31(27-34)37-14-7-6-9-32(37)29-47-22-24-48(25-23-47)33-17-15-30(16-18-33)40(49)46-54(50,51)36-19-20-39(38(28-36)41(42,43)44)45-21-26-53-35-12-4-3-5-13-35/h3-20,27-28,45H,2,21-26,29H2,1H3,(H,46,49). The maximum atomic E-state index is 14.0. The van der Waals surface area contributed by atoms with Crippen LogP contribution in [0.15, 0.2) is 131 Å². The number of hydrogen-bond donors (Lipinski definition) is 2.